The van der Waals surface area contributed by atoms with Crippen LogP contribution in [0.3, 0.4) is 0 Å². The summed E-state index contributed by atoms with van der Waals surface area (Å²) in [5, 5.41) is 17.3. The molecular weight excluding hydrogens is 298 g/mol. The second-order valence-electron chi connectivity index (χ2n) is 6.56. The molecule has 0 aliphatic heterocycles. The van der Waals surface area contributed by atoms with Crippen LogP contribution in [-0.4, -0.2) is 41.6 Å². The third kappa shape index (κ3) is 6.46. The molecule has 0 radical (unpaired) electrons. The van der Waals surface area contributed by atoms with Gasteiger partial charge in [0.2, 0.25) is 5.91 Å². The van der Waals surface area contributed by atoms with Gasteiger partial charge in [0.1, 0.15) is 6.04 Å². The van der Waals surface area contributed by atoms with E-state index in [0.717, 1.165) is 38.5 Å². The zero-order valence-electron chi connectivity index (χ0n) is 13.5. The number of nitrogens with one attached hydrogen (secondary N) is 3. The topological polar surface area (TPSA) is 108 Å². The molecule has 0 aromatic heterocycles. The first-order valence-corrected chi connectivity index (χ1v) is 8.63. The third-order valence-electron chi connectivity index (χ3n) is 4.48. The number of aliphatic carboxylic acids is 1. The van der Waals surface area contributed by atoms with Crippen molar-refractivity contribution in [2.45, 2.75) is 69.9 Å². The summed E-state index contributed by atoms with van der Waals surface area (Å²) in [5.74, 6) is -1.15. The highest BCUT2D eigenvalue weighted by Crippen LogP contribution is 2.32. The minimum Gasteiger partial charge on any atom is -0.480 e. The van der Waals surface area contributed by atoms with Gasteiger partial charge in [-0.05, 0) is 38.0 Å². The molecule has 7 nitrogen and oxygen atoms in total. The number of carbonyl (C=O) groups excluding carboxylic acids is 2. The molecule has 0 heterocycles. The zero-order chi connectivity index (χ0) is 16.7. The summed E-state index contributed by atoms with van der Waals surface area (Å²) >= 11 is 0. The predicted molar refractivity (Wildman–Crippen MR) is 84.9 cm³/mol. The molecule has 0 saturated heterocycles. The second-order valence-corrected chi connectivity index (χ2v) is 6.56. The number of amides is 3. The van der Waals surface area contributed by atoms with Crippen LogP contribution < -0.4 is 16.0 Å². The lowest BCUT2D eigenvalue weighted by Crippen LogP contribution is -2.44. The van der Waals surface area contributed by atoms with Crippen molar-refractivity contribution >= 4 is 17.9 Å². The highest BCUT2D eigenvalue weighted by Gasteiger charge is 2.37. The summed E-state index contributed by atoms with van der Waals surface area (Å²) in [6.45, 7) is 0.410. The Morgan fingerprint density at radius 1 is 1.04 bits per heavy atom. The number of hydrogen-bond acceptors (Lipinski definition) is 3. The number of carboxylic acid groups (broad SMARTS) is 1. The molecule has 3 amide bonds. The number of urea groups is 1. The van der Waals surface area contributed by atoms with E-state index in [9.17, 15) is 14.4 Å². The Bertz CT molecular complexity index is 431. The van der Waals surface area contributed by atoms with Crippen LogP contribution in [0.4, 0.5) is 4.79 Å². The van der Waals surface area contributed by atoms with E-state index in [1.807, 2.05) is 0 Å². The summed E-state index contributed by atoms with van der Waals surface area (Å²) in [6.07, 6.45) is 8.09. The molecule has 2 saturated carbocycles. The summed E-state index contributed by atoms with van der Waals surface area (Å²) in [5.41, 5.74) is 0. The third-order valence-corrected chi connectivity index (χ3v) is 4.48. The van der Waals surface area contributed by atoms with E-state index >= 15 is 0 Å². The van der Waals surface area contributed by atoms with Gasteiger partial charge in [0.05, 0.1) is 0 Å². The van der Waals surface area contributed by atoms with Crippen LogP contribution in [-0.2, 0) is 9.59 Å². The van der Waals surface area contributed by atoms with E-state index in [2.05, 4.69) is 16.0 Å². The van der Waals surface area contributed by atoms with Crippen LogP contribution >= 0.6 is 0 Å². The fourth-order valence-corrected chi connectivity index (χ4v) is 2.99. The molecule has 1 unspecified atom stereocenters. The lowest BCUT2D eigenvalue weighted by Gasteiger charge is -2.22. The number of carbonyl (C=O) groups is 3. The molecule has 0 aromatic rings. The van der Waals surface area contributed by atoms with E-state index < -0.39 is 12.0 Å². The normalized spacial score (nSPS) is 19.7. The minimum atomic E-state index is -0.967. The van der Waals surface area contributed by atoms with E-state index in [-0.39, 0.29) is 30.3 Å². The monoisotopic (exact) mass is 325 g/mol. The number of hydrogen-bond donors (Lipinski definition) is 4. The molecule has 0 bridgehead atoms. The Labute approximate surface area is 136 Å². The molecule has 2 rings (SSSR count). The standard InChI is InChI=1S/C16H27N3O4/c20-13(19-14(15(21)22)11-8-9-11)7-4-10-17-16(23)18-12-5-2-1-3-6-12/h11-12,14H,1-10H2,(H,19,20)(H,21,22)(H2,17,18,23). The first-order valence-electron chi connectivity index (χ1n) is 8.63. The maximum Gasteiger partial charge on any atom is 0.326 e. The Morgan fingerprint density at radius 3 is 2.35 bits per heavy atom. The van der Waals surface area contributed by atoms with Gasteiger partial charge in [-0.3, -0.25) is 4.79 Å². The SMILES string of the molecule is O=C(CCCNC(=O)NC1CCCCC1)NC(C(=O)O)C1CC1. The zero-order valence-corrected chi connectivity index (χ0v) is 13.5. The molecule has 2 aliphatic carbocycles. The van der Waals surface area contributed by atoms with Crippen molar-refractivity contribution < 1.29 is 19.5 Å². The molecule has 4 N–H and O–H groups in total. The molecule has 0 spiro atoms. The first-order chi connectivity index (χ1) is 11.1. The Balaban J connectivity index is 1.54. The highest BCUT2D eigenvalue weighted by molar-refractivity contribution is 5.84. The average Bonchev–Trinajstić information content (AvgIpc) is 3.34. The van der Waals surface area contributed by atoms with E-state index in [1.165, 1.54) is 6.42 Å². The number of carboxylic acids is 1. The van der Waals surface area contributed by atoms with Crippen LogP contribution in [0.1, 0.15) is 57.8 Å². The summed E-state index contributed by atoms with van der Waals surface area (Å²) < 4.78 is 0. The molecule has 2 aliphatic rings. The molecular formula is C16H27N3O4. The summed E-state index contributed by atoms with van der Waals surface area (Å²) in [6, 6.07) is -0.675. The molecule has 2 fully saturated rings. The quantitative estimate of drug-likeness (QED) is 0.506. The first kappa shape index (κ1) is 17.6. The second kappa shape index (κ2) is 8.74. The smallest absolute Gasteiger partial charge is 0.326 e. The van der Waals surface area contributed by atoms with Crippen LogP contribution in [0.15, 0.2) is 0 Å². The summed E-state index contributed by atoms with van der Waals surface area (Å²) in [7, 11) is 0. The molecule has 7 heteroatoms. The van der Waals surface area contributed by atoms with Crippen molar-refractivity contribution in [3.05, 3.63) is 0 Å². The molecule has 0 aromatic carbocycles. The lowest BCUT2D eigenvalue weighted by atomic mass is 9.96. The van der Waals surface area contributed by atoms with Gasteiger partial charge in [-0.25, -0.2) is 9.59 Å². The Kier molecular flexibility index (Phi) is 6.67. The largest absolute Gasteiger partial charge is 0.480 e. The predicted octanol–water partition coefficient (Wildman–Crippen LogP) is 1.38. The fourth-order valence-electron chi connectivity index (χ4n) is 2.99. The van der Waals surface area contributed by atoms with Crippen LogP contribution in [0, 0.1) is 5.92 Å². The van der Waals surface area contributed by atoms with E-state index in [1.54, 1.807) is 0 Å². The van der Waals surface area contributed by atoms with E-state index in [0.29, 0.717) is 13.0 Å². The van der Waals surface area contributed by atoms with Gasteiger partial charge in [0, 0.05) is 19.0 Å². The molecule has 1 atom stereocenters. The average molecular weight is 325 g/mol. The van der Waals surface area contributed by atoms with Crippen molar-refractivity contribution in [2.24, 2.45) is 5.92 Å². The van der Waals surface area contributed by atoms with Gasteiger partial charge >= 0.3 is 12.0 Å². The van der Waals surface area contributed by atoms with Crippen molar-refractivity contribution in [1.82, 2.24) is 16.0 Å². The highest BCUT2D eigenvalue weighted by atomic mass is 16.4. The van der Waals surface area contributed by atoms with Crippen LogP contribution in [0.2, 0.25) is 0 Å². The van der Waals surface area contributed by atoms with Gasteiger partial charge in [-0.1, -0.05) is 19.3 Å². The maximum absolute atomic E-state index is 11.7. The number of rotatable bonds is 8. The molecule has 130 valence electrons. The van der Waals surface area contributed by atoms with E-state index in [4.69, 9.17) is 5.11 Å². The van der Waals surface area contributed by atoms with Crippen molar-refractivity contribution in [1.29, 1.82) is 0 Å². The summed E-state index contributed by atoms with van der Waals surface area (Å²) in [4.78, 5) is 34.5. The van der Waals surface area contributed by atoms with Gasteiger partial charge in [0.25, 0.3) is 0 Å². The van der Waals surface area contributed by atoms with Crippen LogP contribution in [0.5, 0.6) is 0 Å². The van der Waals surface area contributed by atoms with Crippen molar-refractivity contribution in [2.75, 3.05) is 6.54 Å². The van der Waals surface area contributed by atoms with Gasteiger partial charge in [0.15, 0.2) is 0 Å². The van der Waals surface area contributed by atoms with Gasteiger partial charge < -0.3 is 21.1 Å². The minimum absolute atomic E-state index is 0.0795. The van der Waals surface area contributed by atoms with Crippen LogP contribution in [0.25, 0.3) is 0 Å². The Morgan fingerprint density at radius 2 is 1.74 bits per heavy atom. The van der Waals surface area contributed by atoms with Crippen molar-refractivity contribution in [3.63, 3.8) is 0 Å². The van der Waals surface area contributed by atoms with Gasteiger partial charge in [-0.2, -0.15) is 0 Å². The van der Waals surface area contributed by atoms with Gasteiger partial charge in [-0.15, -0.1) is 0 Å². The Hall–Kier alpha value is -1.79. The maximum atomic E-state index is 11.7. The lowest BCUT2D eigenvalue weighted by molar-refractivity contribution is -0.142. The fraction of sp³-hybridized carbons (Fsp3) is 0.812. The van der Waals surface area contributed by atoms with Crippen molar-refractivity contribution in [3.8, 4) is 0 Å². The molecule has 23 heavy (non-hydrogen) atoms.